The second-order valence-electron chi connectivity index (χ2n) is 5.57. The summed E-state index contributed by atoms with van der Waals surface area (Å²) in [7, 11) is 3.10. The van der Waals surface area contributed by atoms with Crippen molar-refractivity contribution in [2.75, 3.05) is 26.1 Å². The average molecular weight is 326 g/mol. The van der Waals surface area contributed by atoms with Crippen LogP contribution in [0.2, 0.25) is 5.02 Å². The molecule has 0 spiro atoms. The highest BCUT2D eigenvalue weighted by molar-refractivity contribution is 6.35. The molecular weight excluding hydrogens is 306 g/mol. The average Bonchev–Trinajstić information content (AvgIpc) is 3.35. The SMILES string of the molecule is COC(COc1ccc2c(c1Cl)NC(C1CC1)C=C2O)OC. The smallest absolute Gasteiger partial charge is 0.191 e. The van der Waals surface area contributed by atoms with Gasteiger partial charge in [0.1, 0.15) is 23.1 Å². The fourth-order valence-corrected chi connectivity index (χ4v) is 2.86. The maximum atomic E-state index is 10.2. The minimum Gasteiger partial charge on any atom is -0.508 e. The summed E-state index contributed by atoms with van der Waals surface area (Å²) in [5, 5.41) is 14.1. The summed E-state index contributed by atoms with van der Waals surface area (Å²) in [4.78, 5) is 0. The highest BCUT2D eigenvalue weighted by Gasteiger charge is 2.34. The zero-order chi connectivity index (χ0) is 15.7. The van der Waals surface area contributed by atoms with E-state index in [1.807, 2.05) is 6.08 Å². The van der Waals surface area contributed by atoms with E-state index in [0.717, 1.165) is 5.69 Å². The summed E-state index contributed by atoms with van der Waals surface area (Å²) in [6.45, 7) is 0.235. The van der Waals surface area contributed by atoms with Gasteiger partial charge in [-0.2, -0.15) is 0 Å². The lowest BCUT2D eigenvalue weighted by molar-refractivity contribution is -0.121. The van der Waals surface area contributed by atoms with Gasteiger partial charge in [0, 0.05) is 19.8 Å². The van der Waals surface area contributed by atoms with Crippen molar-refractivity contribution in [3.05, 3.63) is 28.8 Å². The monoisotopic (exact) mass is 325 g/mol. The van der Waals surface area contributed by atoms with Crippen LogP contribution < -0.4 is 10.1 Å². The Kier molecular flexibility index (Phi) is 4.47. The molecule has 1 saturated carbocycles. The molecule has 1 unspecified atom stereocenters. The normalized spacial score (nSPS) is 20.4. The standard InChI is InChI=1S/C16H20ClNO4/c1-20-14(21-2)8-22-13-6-5-10-12(19)7-11(9-3-4-9)18-16(10)15(13)17/h5-7,9,11,14,18-19H,3-4,8H2,1-2H3. The Morgan fingerprint density at radius 1 is 1.32 bits per heavy atom. The quantitative estimate of drug-likeness (QED) is 0.785. The molecule has 1 fully saturated rings. The van der Waals surface area contributed by atoms with Gasteiger partial charge in [-0.15, -0.1) is 0 Å². The fourth-order valence-electron chi connectivity index (χ4n) is 2.59. The second-order valence-corrected chi connectivity index (χ2v) is 5.95. The molecule has 2 N–H and O–H groups in total. The van der Waals surface area contributed by atoms with Gasteiger partial charge < -0.3 is 24.6 Å². The highest BCUT2D eigenvalue weighted by atomic mass is 35.5. The largest absolute Gasteiger partial charge is 0.508 e. The number of halogens is 1. The molecule has 1 aromatic carbocycles. The van der Waals surface area contributed by atoms with Crippen LogP contribution in [0.15, 0.2) is 18.2 Å². The molecule has 1 aliphatic heterocycles. The molecule has 2 aliphatic rings. The van der Waals surface area contributed by atoms with Crippen molar-refractivity contribution >= 4 is 23.0 Å². The van der Waals surface area contributed by atoms with E-state index >= 15 is 0 Å². The Hall–Kier alpha value is -1.43. The number of aliphatic hydroxyl groups is 1. The first-order valence-corrected chi connectivity index (χ1v) is 7.70. The van der Waals surface area contributed by atoms with Crippen molar-refractivity contribution < 1.29 is 19.3 Å². The van der Waals surface area contributed by atoms with Crippen LogP contribution in [0.5, 0.6) is 5.75 Å². The number of benzene rings is 1. The molecule has 1 aromatic rings. The lowest BCUT2D eigenvalue weighted by Crippen LogP contribution is -2.25. The summed E-state index contributed by atoms with van der Waals surface area (Å²) in [6.07, 6.45) is 3.76. The van der Waals surface area contributed by atoms with Crippen molar-refractivity contribution in [2.45, 2.75) is 25.2 Å². The number of anilines is 1. The van der Waals surface area contributed by atoms with E-state index in [2.05, 4.69) is 5.32 Å². The lowest BCUT2D eigenvalue weighted by Gasteiger charge is -2.26. The van der Waals surface area contributed by atoms with E-state index in [4.69, 9.17) is 25.8 Å². The van der Waals surface area contributed by atoms with Crippen LogP contribution in [0.3, 0.4) is 0 Å². The Morgan fingerprint density at radius 3 is 2.68 bits per heavy atom. The summed E-state index contributed by atoms with van der Waals surface area (Å²) < 4.78 is 15.9. The zero-order valence-corrected chi connectivity index (χ0v) is 13.4. The molecule has 1 atom stereocenters. The second kappa shape index (κ2) is 6.36. The number of nitrogens with one attached hydrogen (secondary N) is 1. The molecule has 3 rings (SSSR count). The van der Waals surface area contributed by atoms with Crippen LogP contribution in [0.25, 0.3) is 5.76 Å². The first-order chi connectivity index (χ1) is 10.6. The highest BCUT2D eigenvalue weighted by Crippen LogP contribution is 2.44. The molecule has 0 aromatic heterocycles. The molecule has 0 amide bonds. The summed E-state index contributed by atoms with van der Waals surface area (Å²) in [5.41, 5.74) is 1.42. The number of rotatable bonds is 6. The topological polar surface area (TPSA) is 60.0 Å². The Balaban J connectivity index is 1.81. The van der Waals surface area contributed by atoms with Gasteiger partial charge in [-0.3, -0.25) is 0 Å². The van der Waals surface area contributed by atoms with Gasteiger partial charge in [0.25, 0.3) is 0 Å². The molecule has 120 valence electrons. The molecule has 22 heavy (non-hydrogen) atoms. The van der Waals surface area contributed by atoms with Crippen molar-refractivity contribution in [2.24, 2.45) is 5.92 Å². The molecular formula is C16H20ClNO4. The molecule has 1 heterocycles. The van der Waals surface area contributed by atoms with E-state index in [1.54, 1.807) is 26.4 Å². The van der Waals surface area contributed by atoms with Gasteiger partial charge in [0.15, 0.2) is 6.29 Å². The van der Waals surface area contributed by atoms with Gasteiger partial charge in [0.05, 0.1) is 11.7 Å². The van der Waals surface area contributed by atoms with Crippen LogP contribution in [-0.4, -0.2) is 38.3 Å². The van der Waals surface area contributed by atoms with E-state index in [9.17, 15) is 5.11 Å². The van der Waals surface area contributed by atoms with Gasteiger partial charge in [-0.1, -0.05) is 11.6 Å². The molecule has 0 bridgehead atoms. The Bertz CT molecular complexity index is 582. The van der Waals surface area contributed by atoms with Gasteiger partial charge in [0.2, 0.25) is 0 Å². The van der Waals surface area contributed by atoms with Crippen LogP contribution in [0.1, 0.15) is 18.4 Å². The van der Waals surface area contributed by atoms with Crippen LogP contribution in [0, 0.1) is 5.92 Å². The Labute approximate surface area is 134 Å². The van der Waals surface area contributed by atoms with E-state index in [-0.39, 0.29) is 18.4 Å². The maximum absolute atomic E-state index is 10.2. The number of methoxy groups -OCH3 is 2. The summed E-state index contributed by atoms with van der Waals surface area (Å²) in [5.74, 6) is 1.38. The molecule has 5 nitrogen and oxygen atoms in total. The van der Waals surface area contributed by atoms with Gasteiger partial charge in [-0.25, -0.2) is 0 Å². The van der Waals surface area contributed by atoms with Crippen LogP contribution >= 0.6 is 11.6 Å². The van der Waals surface area contributed by atoms with Crippen LogP contribution in [0.4, 0.5) is 5.69 Å². The van der Waals surface area contributed by atoms with Crippen LogP contribution in [-0.2, 0) is 9.47 Å². The summed E-state index contributed by atoms with van der Waals surface area (Å²) in [6, 6.07) is 3.67. The molecule has 0 saturated heterocycles. The maximum Gasteiger partial charge on any atom is 0.191 e. The third kappa shape index (κ3) is 3.02. The zero-order valence-electron chi connectivity index (χ0n) is 12.6. The van der Waals surface area contributed by atoms with Crippen molar-refractivity contribution in [3.63, 3.8) is 0 Å². The fraction of sp³-hybridized carbons (Fsp3) is 0.500. The summed E-state index contributed by atoms with van der Waals surface area (Å²) >= 11 is 6.44. The first kappa shape index (κ1) is 15.5. The van der Waals surface area contributed by atoms with E-state index < -0.39 is 6.29 Å². The minimum absolute atomic E-state index is 0.131. The Morgan fingerprint density at radius 2 is 2.05 bits per heavy atom. The third-order valence-electron chi connectivity index (χ3n) is 4.06. The van der Waals surface area contributed by atoms with Crippen molar-refractivity contribution in [1.29, 1.82) is 0 Å². The molecule has 1 aliphatic carbocycles. The van der Waals surface area contributed by atoms with E-state index in [0.29, 0.717) is 22.3 Å². The molecule has 0 radical (unpaired) electrons. The predicted octanol–water partition coefficient (Wildman–Crippen LogP) is 3.44. The number of aliphatic hydroxyl groups excluding tert-OH is 1. The number of hydrogen-bond acceptors (Lipinski definition) is 5. The van der Waals surface area contributed by atoms with Crippen molar-refractivity contribution in [1.82, 2.24) is 0 Å². The minimum atomic E-state index is -0.451. The van der Waals surface area contributed by atoms with E-state index in [1.165, 1.54) is 12.8 Å². The lowest BCUT2D eigenvalue weighted by atomic mass is 10.0. The number of hydrogen-bond donors (Lipinski definition) is 2. The molecule has 6 heteroatoms. The predicted molar refractivity (Wildman–Crippen MR) is 85.5 cm³/mol. The van der Waals surface area contributed by atoms with Gasteiger partial charge in [-0.05, 0) is 37.0 Å². The van der Waals surface area contributed by atoms with Gasteiger partial charge >= 0.3 is 0 Å². The third-order valence-corrected chi connectivity index (χ3v) is 4.44. The number of ether oxygens (including phenoxy) is 3. The number of fused-ring (bicyclic) bond motifs is 1. The van der Waals surface area contributed by atoms with Crippen molar-refractivity contribution in [3.8, 4) is 5.75 Å². The first-order valence-electron chi connectivity index (χ1n) is 7.32.